The molecule has 1 N–H and O–H groups in total. The number of fused-ring (bicyclic) bond motifs is 2. The molecule has 1 fully saturated rings. The number of thiophene rings is 1. The lowest BCUT2D eigenvalue weighted by molar-refractivity contribution is -0.163. The van der Waals surface area contributed by atoms with Crippen molar-refractivity contribution < 1.29 is 19.4 Å². The van der Waals surface area contributed by atoms with Crippen LogP contribution in [0.3, 0.4) is 0 Å². The van der Waals surface area contributed by atoms with Crippen molar-refractivity contribution in [3.63, 3.8) is 0 Å². The van der Waals surface area contributed by atoms with Gasteiger partial charge in [-0.25, -0.2) is 4.79 Å². The first-order valence-electron chi connectivity index (χ1n) is 8.44. The van der Waals surface area contributed by atoms with E-state index < -0.39 is 18.0 Å². The minimum atomic E-state index is -0.737. The van der Waals surface area contributed by atoms with Crippen molar-refractivity contribution in [2.24, 2.45) is 11.8 Å². The maximum Gasteiger partial charge on any atom is 0.355 e. The highest BCUT2D eigenvalue weighted by Crippen LogP contribution is 2.53. The fourth-order valence-corrected chi connectivity index (χ4v) is 6.37. The largest absolute Gasteiger partial charge is 0.464 e. The summed E-state index contributed by atoms with van der Waals surface area (Å²) in [4.78, 5) is 27.3. The highest BCUT2D eigenvalue weighted by molar-refractivity contribution is 8.05. The van der Waals surface area contributed by atoms with Gasteiger partial charge in [-0.15, -0.1) is 11.3 Å². The molecule has 7 heteroatoms. The quantitative estimate of drug-likeness (QED) is 0.642. The van der Waals surface area contributed by atoms with Crippen LogP contribution in [0, 0.1) is 11.8 Å². The van der Waals surface area contributed by atoms with Crippen LogP contribution in [0.4, 0.5) is 0 Å². The normalized spacial score (nSPS) is 26.1. The fraction of sp³-hybridized carbons (Fsp3) is 0.368. The molecule has 1 saturated heterocycles. The second-order valence-electron chi connectivity index (χ2n) is 6.66. The minimum absolute atomic E-state index is 0.0309. The Morgan fingerprint density at radius 3 is 2.77 bits per heavy atom. The molecule has 4 rings (SSSR count). The molecule has 0 radical (unpaired) electrons. The second-order valence-corrected chi connectivity index (χ2v) is 9.09. The Morgan fingerprint density at radius 1 is 1.38 bits per heavy atom. The van der Waals surface area contributed by atoms with Gasteiger partial charge in [0.25, 0.3) is 0 Å². The summed E-state index contributed by atoms with van der Waals surface area (Å²) in [5.41, 5.74) is 0.328. The van der Waals surface area contributed by atoms with Gasteiger partial charge in [-0.3, -0.25) is 4.79 Å². The summed E-state index contributed by atoms with van der Waals surface area (Å²) in [5, 5.41) is 11.1. The van der Waals surface area contributed by atoms with Gasteiger partial charge in [0, 0.05) is 15.5 Å². The first kappa shape index (κ1) is 17.6. The van der Waals surface area contributed by atoms with Gasteiger partial charge in [0.05, 0.1) is 29.4 Å². The van der Waals surface area contributed by atoms with Crippen molar-refractivity contribution in [1.82, 2.24) is 4.90 Å². The van der Waals surface area contributed by atoms with Crippen molar-refractivity contribution >= 4 is 45.1 Å². The van der Waals surface area contributed by atoms with Gasteiger partial charge >= 0.3 is 5.97 Å². The Labute approximate surface area is 159 Å². The van der Waals surface area contributed by atoms with E-state index in [2.05, 4.69) is 18.2 Å². The number of amides is 1. The number of rotatable bonds is 4. The number of carbonyl (C=O) groups excluding carboxylic acids is 2. The predicted molar refractivity (Wildman–Crippen MR) is 102 cm³/mol. The van der Waals surface area contributed by atoms with Crippen LogP contribution in [0.5, 0.6) is 0 Å². The van der Waals surface area contributed by atoms with Crippen LogP contribution in [0.15, 0.2) is 45.1 Å². The van der Waals surface area contributed by atoms with E-state index in [1.165, 1.54) is 28.5 Å². The number of methoxy groups -OCH3 is 1. The molecule has 2 aliphatic heterocycles. The molecule has 2 aromatic rings. The molecule has 0 spiro atoms. The lowest BCUT2D eigenvalue weighted by Gasteiger charge is -2.46. The molecule has 0 bridgehead atoms. The van der Waals surface area contributed by atoms with E-state index in [1.807, 2.05) is 19.1 Å². The van der Waals surface area contributed by atoms with Gasteiger partial charge in [0.1, 0.15) is 5.70 Å². The Hall–Kier alpha value is -1.83. The monoisotopic (exact) mass is 389 g/mol. The van der Waals surface area contributed by atoms with Crippen LogP contribution in [0.25, 0.3) is 10.1 Å². The molecule has 1 aromatic carbocycles. The molecule has 1 aromatic heterocycles. The second kappa shape index (κ2) is 6.40. The third-order valence-corrected chi connectivity index (χ3v) is 7.62. The number of aliphatic hydroxyl groups is 1. The molecular weight excluding hydrogens is 370 g/mol. The number of benzene rings is 1. The van der Waals surface area contributed by atoms with Gasteiger partial charge in [0.2, 0.25) is 5.91 Å². The van der Waals surface area contributed by atoms with E-state index in [0.29, 0.717) is 5.70 Å². The van der Waals surface area contributed by atoms with Crippen molar-refractivity contribution in [3.8, 4) is 0 Å². The first-order chi connectivity index (χ1) is 12.4. The van der Waals surface area contributed by atoms with E-state index in [0.717, 1.165) is 14.5 Å². The molecule has 5 nitrogen and oxygen atoms in total. The summed E-state index contributed by atoms with van der Waals surface area (Å²) in [6.45, 7) is 3.63. The maximum atomic E-state index is 12.5. The van der Waals surface area contributed by atoms with E-state index in [1.54, 1.807) is 18.3 Å². The molecule has 0 unspecified atom stereocenters. The number of β-lactam (4-membered cyclic amide) rings is 1. The predicted octanol–water partition coefficient (Wildman–Crippen LogP) is 3.24. The lowest BCUT2D eigenvalue weighted by Crippen LogP contribution is -2.63. The van der Waals surface area contributed by atoms with E-state index >= 15 is 0 Å². The van der Waals surface area contributed by atoms with E-state index in [9.17, 15) is 14.7 Å². The average molecular weight is 389 g/mol. The summed E-state index contributed by atoms with van der Waals surface area (Å²) in [7, 11) is 1.32. The van der Waals surface area contributed by atoms with Crippen LogP contribution in [0.2, 0.25) is 0 Å². The first-order valence-corrected chi connectivity index (χ1v) is 10.1. The van der Waals surface area contributed by atoms with Crippen LogP contribution < -0.4 is 0 Å². The van der Waals surface area contributed by atoms with Crippen LogP contribution >= 0.6 is 23.1 Å². The van der Waals surface area contributed by atoms with Gasteiger partial charge in [-0.2, -0.15) is 0 Å². The standard InChI is InChI=1S/C19H19NO4S2/c1-9-15-14(10(2)21)18(22)20(15)16(19(23)24-3)17(9)26-13-8-11-6-4-5-7-12(11)25-13/h4-10,14-15,21H,1-3H3/t9-,10-,14-,15-/m1/s1. The molecule has 0 aliphatic carbocycles. The average Bonchev–Trinajstić information content (AvgIpc) is 3.12. The van der Waals surface area contributed by atoms with Crippen molar-refractivity contribution in [2.45, 2.75) is 30.2 Å². The molecule has 1 amide bonds. The molecule has 0 saturated carbocycles. The maximum absolute atomic E-state index is 12.5. The summed E-state index contributed by atoms with van der Waals surface area (Å²) in [5.74, 6) is -1.20. The highest BCUT2D eigenvalue weighted by Gasteiger charge is 2.60. The van der Waals surface area contributed by atoms with Crippen molar-refractivity contribution in [3.05, 3.63) is 40.9 Å². The van der Waals surface area contributed by atoms with Gasteiger partial charge in [-0.05, 0) is 24.4 Å². The smallest absolute Gasteiger partial charge is 0.355 e. The molecule has 4 atom stereocenters. The zero-order valence-corrected chi connectivity index (χ0v) is 16.3. The number of carbonyl (C=O) groups is 2. The molecule has 2 aliphatic rings. The van der Waals surface area contributed by atoms with Crippen molar-refractivity contribution in [1.29, 1.82) is 0 Å². The number of esters is 1. The molecule has 3 heterocycles. The third-order valence-electron chi connectivity index (χ3n) is 5.10. The molecule has 136 valence electrons. The Balaban J connectivity index is 1.73. The summed E-state index contributed by atoms with van der Waals surface area (Å²) in [6.07, 6.45) is -0.737. The van der Waals surface area contributed by atoms with Gasteiger partial charge in [0.15, 0.2) is 0 Å². The molecule has 26 heavy (non-hydrogen) atoms. The topological polar surface area (TPSA) is 66.8 Å². The van der Waals surface area contributed by atoms with Crippen LogP contribution in [-0.2, 0) is 14.3 Å². The Morgan fingerprint density at radius 2 is 2.12 bits per heavy atom. The number of ether oxygens (including phenoxy) is 1. The van der Waals surface area contributed by atoms with Crippen molar-refractivity contribution in [2.75, 3.05) is 7.11 Å². The Bertz CT molecular complexity index is 900. The van der Waals surface area contributed by atoms with Crippen LogP contribution in [0.1, 0.15) is 13.8 Å². The zero-order valence-electron chi connectivity index (χ0n) is 14.6. The zero-order chi connectivity index (χ0) is 18.6. The molecular formula is C19H19NO4S2. The number of nitrogens with zero attached hydrogens (tertiary/aromatic N) is 1. The minimum Gasteiger partial charge on any atom is -0.464 e. The number of hydrogen-bond acceptors (Lipinski definition) is 6. The van der Waals surface area contributed by atoms with Gasteiger partial charge < -0.3 is 14.7 Å². The number of thioether (sulfide) groups is 1. The summed E-state index contributed by atoms with van der Waals surface area (Å²) >= 11 is 3.18. The van der Waals surface area contributed by atoms with E-state index in [-0.39, 0.29) is 17.9 Å². The summed E-state index contributed by atoms with van der Waals surface area (Å²) in [6, 6.07) is 10.0. The highest BCUT2D eigenvalue weighted by atomic mass is 32.2. The van der Waals surface area contributed by atoms with Crippen LogP contribution in [-0.4, -0.2) is 41.1 Å². The third kappa shape index (κ3) is 2.49. The van der Waals surface area contributed by atoms with E-state index in [4.69, 9.17) is 4.74 Å². The summed E-state index contributed by atoms with van der Waals surface area (Å²) < 4.78 is 7.19. The Kier molecular flexibility index (Phi) is 4.33. The number of hydrogen-bond donors (Lipinski definition) is 1. The fourth-order valence-electron chi connectivity index (χ4n) is 3.86. The SMILES string of the molecule is COC(=O)C1=C(Sc2cc3ccccc3s2)[C@H](C)[C@@H]2[C@@H]([C@@H](C)O)C(=O)N12. The number of aliphatic hydroxyl groups excluding tert-OH is 1. The lowest BCUT2D eigenvalue weighted by atomic mass is 9.79. The van der Waals surface area contributed by atoms with Gasteiger partial charge in [-0.1, -0.05) is 36.9 Å².